The lowest BCUT2D eigenvalue weighted by Crippen LogP contribution is -2.20. The Morgan fingerprint density at radius 3 is 2.83 bits per heavy atom. The Balaban J connectivity index is 1.80. The number of rotatable bonds is 1. The SMILES string of the molecule is CN1C(=O)/C(=C\c2cc(Cl)c3c(c2)OCCCO3)c2ccccc21. The number of hydrogen-bond acceptors (Lipinski definition) is 3. The van der Waals surface area contributed by atoms with Crippen LogP contribution in [0.25, 0.3) is 11.6 Å². The van der Waals surface area contributed by atoms with E-state index in [1.165, 1.54) is 0 Å². The monoisotopic (exact) mass is 341 g/mol. The van der Waals surface area contributed by atoms with Crippen LogP contribution in [0.5, 0.6) is 11.5 Å². The highest BCUT2D eigenvalue weighted by Gasteiger charge is 2.29. The lowest BCUT2D eigenvalue weighted by atomic mass is 10.0. The highest BCUT2D eigenvalue weighted by molar-refractivity contribution is 6.36. The number of benzene rings is 2. The van der Waals surface area contributed by atoms with Gasteiger partial charge < -0.3 is 14.4 Å². The molecule has 5 heteroatoms. The van der Waals surface area contributed by atoms with E-state index in [0.29, 0.717) is 35.3 Å². The molecule has 1 amide bonds. The van der Waals surface area contributed by atoms with E-state index in [1.807, 2.05) is 36.4 Å². The molecule has 4 rings (SSSR count). The number of likely N-dealkylation sites (N-methyl/N-ethyl adjacent to an activating group) is 1. The highest BCUT2D eigenvalue weighted by atomic mass is 35.5. The second-order valence-electron chi connectivity index (χ2n) is 5.82. The summed E-state index contributed by atoms with van der Waals surface area (Å²) >= 11 is 6.34. The third-order valence-electron chi connectivity index (χ3n) is 4.23. The highest BCUT2D eigenvalue weighted by Crippen LogP contribution is 2.41. The minimum absolute atomic E-state index is 0.0283. The van der Waals surface area contributed by atoms with Gasteiger partial charge in [-0.1, -0.05) is 29.8 Å². The number of carbonyl (C=O) groups excluding carboxylic acids is 1. The molecule has 0 unspecified atom stereocenters. The fourth-order valence-corrected chi connectivity index (χ4v) is 3.31. The number of fused-ring (bicyclic) bond motifs is 2. The van der Waals surface area contributed by atoms with Crippen molar-refractivity contribution >= 4 is 34.8 Å². The van der Waals surface area contributed by atoms with Crippen LogP contribution >= 0.6 is 11.6 Å². The topological polar surface area (TPSA) is 38.8 Å². The smallest absolute Gasteiger partial charge is 0.258 e. The zero-order valence-electron chi connectivity index (χ0n) is 13.2. The molecule has 0 aromatic heterocycles. The van der Waals surface area contributed by atoms with Gasteiger partial charge in [-0.2, -0.15) is 0 Å². The van der Waals surface area contributed by atoms with Crippen molar-refractivity contribution in [2.45, 2.75) is 6.42 Å². The fraction of sp³-hybridized carbons (Fsp3) is 0.211. The average molecular weight is 342 g/mol. The molecule has 4 nitrogen and oxygen atoms in total. The van der Waals surface area contributed by atoms with Crippen molar-refractivity contribution in [2.24, 2.45) is 0 Å². The summed E-state index contributed by atoms with van der Waals surface area (Å²) in [6.45, 7) is 1.18. The molecule has 2 aliphatic rings. The molecule has 0 spiro atoms. The van der Waals surface area contributed by atoms with E-state index in [9.17, 15) is 4.79 Å². The number of hydrogen-bond donors (Lipinski definition) is 0. The third-order valence-corrected chi connectivity index (χ3v) is 4.51. The molecular formula is C19H16ClNO3. The van der Waals surface area contributed by atoms with Gasteiger partial charge in [0.05, 0.1) is 23.9 Å². The molecule has 2 heterocycles. The summed E-state index contributed by atoms with van der Waals surface area (Å²) < 4.78 is 11.4. The zero-order valence-corrected chi connectivity index (χ0v) is 14.0. The molecule has 0 bridgehead atoms. The average Bonchev–Trinajstić information content (AvgIpc) is 2.76. The first-order valence-electron chi connectivity index (χ1n) is 7.83. The van der Waals surface area contributed by atoms with Gasteiger partial charge in [0.25, 0.3) is 5.91 Å². The van der Waals surface area contributed by atoms with E-state index in [4.69, 9.17) is 21.1 Å². The quantitative estimate of drug-likeness (QED) is 0.735. The Morgan fingerprint density at radius 2 is 1.96 bits per heavy atom. The summed E-state index contributed by atoms with van der Waals surface area (Å²) in [7, 11) is 1.78. The molecule has 2 aliphatic heterocycles. The van der Waals surface area contributed by atoms with E-state index in [0.717, 1.165) is 23.2 Å². The first-order chi connectivity index (χ1) is 11.6. The van der Waals surface area contributed by atoms with Crippen LogP contribution in [0, 0.1) is 0 Å². The summed E-state index contributed by atoms with van der Waals surface area (Å²) in [6.07, 6.45) is 2.67. The molecule has 24 heavy (non-hydrogen) atoms. The van der Waals surface area contributed by atoms with Crippen LogP contribution in [0.1, 0.15) is 17.5 Å². The number of nitrogens with zero attached hydrogens (tertiary/aromatic N) is 1. The normalized spacial score (nSPS) is 17.8. The van der Waals surface area contributed by atoms with Crippen molar-refractivity contribution in [3.8, 4) is 11.5 Å². The number of para-hydroxylation sites is 1. The Morgan fingerprint density at radius 1 is 1.17 bits per heavy atom. The van der Waals surface area contributed by atoms with Crippen molar-refractivity contribution in [1.29, 1.82) is 0 Å². The minimum atomic E-state index is -0.0283. The number of halogens is 1. The summed E-state index contributed by atoms with van der Waals surface area (Å²) in [5, 5.41) is 0.494. The summed E-state index contributed by atoms with van der Waals surface area (Å²) in [5.74, 6) is 1.17. The zero-order chi connectivity index (χ0) is 16.7. The van der Waals surface area contributed by atoms with Crippen LogP contribution in [-0.4, -0.2) is 26.2 Å². The standard InChI is InChI=1S/C19H16ClNO3/c1-21-16-6-3-2-5-13(16)14(19(21)22)9-12-10-15(20)18-17(11-12)23-7-4-8-24-18/h2-3,5-6,9-11H,4,7-8H2,1H3/b14-9-. The van der Waals surface area contributed by atoms with Gasteiger partial charge in [-0.05, 0) is 29.8 Å². The minimum Gasteiger partial charge on any atom is -0.489 e. The summed E-state index contributed by atoms with van der Waals surface area (Å²) in [4.78, 5) is 14.2. The Kier molecular flexibility index (Phi) is 3.69. The van der Waals surface area contributed by atoms with Crippen molar-refractivity contribution in [3.63, 3.8) is 0 Å². The molecule has 122 valence electrons. The van der Waals surface area contributed by atoms with Gasteiger partial charge in [0.15, 0.2) is 11.5 Å². The fourth-order valence-electron chi connectivity index (χ4n) is 3.04. The van der Waals surface area contributed by atoms with Crippen LogP contribution in [0.4, 0.5) is 5.69 Å². The van der Waals surface area contributed by atoms with E-state index < -0.39 is 0 Å². The Bertz CT molecular complexity index is 860. The lowest BCUT2D eigenvalue weighted by molar-refractivity contribution is -0.112. The summed E-state index contributed by atoms with van der Waals surface area (Å²) in [5.41, 5.74) is 3.30. The second-order valence-corrected chi connectivity index (χ2v) is 6.23. The predicted octanol–water partition coefficient (Wildman–Crippen LogP) is 4.02. The number of ether oxygens (including phenoxy) is 2. The van der Waals surface area contributed by atoms with Gasteiger partial charge >= 0.3 is 0 Å². The van der Waals surface area contributed by atoms with Crippen LogP contribution in [0.15, 0.2) is 36.4 Å². The largest absolute Gasteiger partial charge is 0.489 e. The molecule has 0 fully saturated rings. The van der Waals surface area contributed by atoms with Gasteiger partial charge in [-0.25, -0.2) is 0 Å². The van der Waals surface area contributed by atoms with Crippen molar-refractivity contribution in [2.75, 3.05) is 25.2 Å². The molecule has 0 saturated heterocycles. The number of anilines is 1. The molecule has 2 aromatic carbocycles. The molecular weight excluding hydrogens is 326 g/mol. The molecule has 0 aliphatic carbocycles. The van der Waals surface area contributed by atoms with Gasteiger partial charge in [0, 0.05) is 24.6 Å². The van der Waals surface area contributed by atoms with Gasteiger partial charge in [-0.3, -0.25) is 4.79 Å². The molecule has 2 aromatic rings. The maximum Gasteiger partial charge on any atom is 0.258 e. The predicted molar refractivity (Wildman–Crippen MR) is 94.8 cm³/mol. The van der Waals surface area contributed by atoms with E-state index in [-0.39, 0.29) is 5.91 Å². The van der Waals surface area contributed by atoms with Crippen molar-refractivity contribution < 1.29 is 14.3 Å². The summed E-state index contributed by atoms with van der Waals surface area (Å²) in [6, 6.07) is 11.4. The molecule has 0 radical (unpaired) electrons. The Labute approximate surface area is 145 Å². The molecule has 0 saturated carbocycles. The lowest BCUT2D eigenvalue weighted by Gasteiger charge is -2.10. The Hall–Kier alpha value is -2.46. The van der Waals surface area contributed by atoms with Crippen molar-refractivity contribution in [1.82, 2.24) is 0 Å². The maximum atomic E-state index is 12.6. The van der Waals surface area contributed by atoms with Gasteiger partial charge in [0.1, 0.15) is 0 Å². The second kappa shape index (κ2) is 5.87. The first-order valence-corrected chi connectivity index (χ1v) is 8.21. The van der Waals surface area contributed by atoms with Crippen molar-refractivity contribution in [3.05, 3.63) is 52.5 Å². The van der Waals surface area contributed by atoms with E-state index in [2.05, 4.69) is 0 Å². The van der Waals surface area contributed by atoms with E-state index >= 15 is 0 Å². The van der Waals surface area contributed by atoms with Crippen LogP contribution in [-0.2, 0) is 4.79 Å². The van der Waals surface area contributed by atoms with Gasteiger partial charge in [-0.15, -0.1) is 0 Å². The van der Waals surface area contributed by atoms with Crippen LogP contribution < -0.4 is 14.4 Å². The number of carbonyl (C=O) groups is 1. The first kappa shape index (κ1) is 15.1. The maximum absolute atomic E-state index is 12.6. The van der Waals surface area contributed by atoms with Crippen LogP contribution in [0.2, 0.25) is 5.02 Å². The van der Waals surface area contributed by atoms with E-state index in [1.54, 1.807) is 18.0 Å². The molecule has 0 atom stereocenters. The number of amides is 1. The van der Waals surface area contributed by atoms with Gasteiger partial charge in [0.2, 0.25) is 0 Å². The third kappa shape index (κ3) is 2.43. The van der Waals surface area contributed by atoms with Crippen LogP contribution in [0.3, 0.4) is 0 Å². The molecule has 0 N–H and O–H groups in total.